The summed E-state index contributed by atoms with van der Waals surface area (Å²) in [6.07, 6.45) is 2.07. The van der Waals surface area contributed by atoms with Crippen LogP contribution in [0.5, 0.6) is 5.75 Å². The zero-order valence-electron chi connectivity index (χ0n) is 16.4. The number of nitrogens with zero attached hydrogens (tertiary/aromatic N) is 1. The number of amides is 1. The van der Waals surface area contributed by atoms with Crippen LogP contribution in [0.1, 0.15) is 28.1 Å². The van der Waals surface area contributed by atoms with Crippen LogP contribution in [0.25, 0.3) is 10.1 Å². The van der Waals surface area contributed by atoms with Gasteiger partial charge in [0, 0.05) is 17.8 Å². The van der Waals surface area contributed by atoms with E-state index < -0.39 is 10.0 Å². The van der Waals surface area contributed by atoms with Crippen molar-refractivity contribution in [1.29, 1.82) is 0 Å². The number of nitrogens with one attached hydrogen (secondary N) is 1. The number of ether oxygens (including phenoxy) is 1. The molecule has 0 atom stereocenters. The number of anilines is 1. The van der Waals surface area contributed by atoms with Crippen molar-refractivity contribution in [3.05, 3.63) is 52.9 Å². The molecular formula is C21H22N2O4S2. The molecular weight excluding hydrogens is 408 g/mol. The predicted octanol–water partition coefficient (Wildman–Crippen LogP) is 3.94. The summed E-state index contributed by atoms with van der Waals surface area (Å²) >= 11 is 1.41. The van der Waals surface area contributed by atoms with Gasteiger partial charge in [-0.1, -0.05) is 6.07 Å². The summed E-state index contributed by atoms with van der Waals surface area (Å²) in [5.74, 6) is 0.235. The van der Waals surface area contributed by atoms with Crippen LogP contribution in [-0.4, -0.2) is 34.5 Å². The molecule has 2 aromatic carbocycles. The maximum atomic E-state index is 13.2. The number of fused-ring (bicyclic) bond motifs is 1. The first-order valence-electron chi connectivity index (χ1n) is 9.27. The molecule has 0 saturated heterocycles. The van der Waals surface area contributed by atoms with Gasteiger partial charge in [-0.05, 0) is 67.1 Å². The van der Waals surface area contributed by atoms with E-state index in [1.165, 1.54) is 29.8 Å². The molecule has 8 heteroatoms. The Balaban J connectivity index is 1.68. The van der Waals surface area contributed by atoms with Gasteiger partial charge < -0.3 is 10.1 Å². The molecule has 152 valence electrons. The lowest BCUT2D eigenvalue weighted by Crippen LogP contribution is -2.27. The van der Waals surface area contributed by atoms with Crippen LogP contribution in [0.3, 0.4) is 0 Å². The van der Waals surface area contributed by atoms with Gasteiger partial charge in [-0.15, -0.1) is 11.3 Å². The van der Waals surface area contributed by atoms with Crippen molar-refractivity contribution in [2.75, 3.05) is 18.5 Å². The van der Waals surface area contributed by atoms with Gasteiger partial charge in [0.1, 0.15) is 10.6 Å². The Morgan fingerprint density at radius 3 is 2.62 bits per heavy atom. The molecule has 4 rings (SSSR count). The molecule has 1 heterocycles. The normalized spacial score (nSPS) is 14.0. The summed E-state index contributed by atoms with van der Waals surface area (Å²) in [5.41, 5.74) is 1.35. The van der Waals surface area contributed by atoms with Crippen molar-refractivity contribution in [1.82, 2.24) is 5.32 Å². The van der Waals surface area contributed by atoms with E-state index in [1.54, 1.807) is 24.3 Å². The lowest BCUT2D eigenvalue weighted by Gasteiger charge is -2.21. The number of sulfonamides is 1. The molecule has 1 aliphatic carbocycles. The largest absolute Gasteiger partial charge is 0.495 e. The highest BCUT2D eigenvalue weighted by molar-refractivity contribution is 7.93. The van der Waals surface area contributed by atoms with E-state index in [0.717, 1.165) is 28.5 Å². The zero-order valence-corrected chi connectivity index (χ0v) is 18.1. The van der Waals surface area contributed by atoms with Crippen molar-refractivity contribution in [3.8, 4) is 5.75 Å². The van der Waals surface area contributed by atoms with E-state index >= 15 is 0 Å². The predicted molar refractivity (Wildman–Crippen MR) is 116 cm³/mol. The molecule has 29 heavy (non-hydrogen) atoms. The van der Waals surface area contributed by atoms with E-state index in [4.69, 9.17) is 4.74 Å². The fourth-order valence-electron chi connectivity index (χ4n) is 3.09. The highest BCUT2D eigenvalue weighted by atomic mass is 32.2. The monoisotopic (exact) mass is 430 g/mol. The van der Waals surface area contributed by atoms with E-state index in [2.05, 4.69) is 5.32 Å². The van der Waals surface area contributed by atoms with Crippen LogP contribution in [0.4, 0.5) is 5.69 Å². The molecule has 0 spiro atoms. The molecule has 1 N–H and O–H groups in total. The van der Waals surface area contributed by atoms with E-state index in [9.17, 15) is 13.2 Å². The summed E-state index contributed by atoms with van der Waals surface area (Å²) < 4.78 is 33.9. The van der Waals surface area contributed by atoms with Gasteiger partial charge in [-0.2, -0.15) is 0 Å². The number of carbonyl (C=O) groups excluding carboxylic acids is 1. The van der Waals surface area contributed by atoms with E-state index in [1.807, 2.05) is 25.1 Å². The quantitative estimate of drug-likeness (QED) is 0.643. The molecule has 1 amide bonds. The van der Waals surface area contributed by atoms with Crippen LogP contribution >= 0.6 is 11.3 Å². The number of rotatable bonds is 6. The van der Waals surface area contributed by atoms with Gasteiger partial charge >= 0.3 is 0 Å². The lowest BCUT2D eigenvalue weighted by molar-refractivity contribution is 0.0955. The van der Waals surface area contributed by atoms with Crippen molar-refractivity contribution < 1.29 is 17.9 Å². The molecule has 6 nitrogen and oxygen atoms in total. The van der Waals surface area contributed by atoms with Crippen molar-refractivity contribution >= 4 is 43.0 Å². The van der Waals surface area contributed by atoms with Crippen LogP contribution in [0, 0.1) is 6.92 Å². The molecule has 1 saturated carbocycles. The molecule has 1 fully saturated rings. The Bertz CT molecular complexity index is 1200. The number of aryl methyl sites for hydroxylation is 1. The zero-order chi connectivity index (χ0) is 20.8. The smallest absolute Gasteiger partial charge is 0.267 e. The number of hydrogen-bond donors (Lipinski definition) is 1. The minimum absolute atomic E-state index is 0.0688. The molecule has 0 aliphatic heterocycles. The Morgan fingerprint density at radius 1 is 1.17 bits per heavy atom. The minimum atomic E-state index is -3.81. The van der Waals surface area contributed by atoms with Crippen LogP contribution in [0.2, 0.25) is 0 Å². The number of hydrogen-bond acceptors (Lipinski definition) is 5. The van der Waals surface area contributed by atoms with E-state index in [-0.39, 0.29) is 10.8 Å². The number of thiophene rings is 1. The topological polar surface area (TPSA) is 75.7 Å². The number of carbonyl (C=O) groups is 1. The Morgan fingerprint density at radius 2 is 1.93 bits per heavy atom. The minimum Gasteiger partial charge on any atom is -0.495 e. The highest BCUT2D eigenvalue weighted by Gasteiger charge is 2.27. The summed E-state index contributed by atoms with van der Waals surface area (Å²) in [6, 6.07) is 12.6. The van der Waals surface area contributed by atoms with Crippen molar-refractivity contribution in [2.24, 2.45) is 0 Å². The second-order valence-electron chi connectivity index (χ2n) is 7.21. The molecule has 1 aliphatic rings. The maximum Gasteiger partial charge on any atom is 0.267 e. The van der Waals surface area contributed by atoms with Gasteiger partial charge in [0.05, 0.1) is 17.7 Å². The molecule has 1 aromatic heterocycles. The molecule has 0 bridgehead atoms. The summed E-state index contributed by atoms with van der Waals surface area (Å²) in [7, 11) is -0.838. The first-order chi connectivity index (χ1) is 13.8. The molecule has 0 radical (unpaired) electrons. The fraction of sp³-hybridized carbons (Fsp3) is 0.286. The Kier molecular flexibility index (Phi) is 5.00. The molecule has 0 unspecified atom stereocenters. The summed E-state index contributed by atoms with van der Waals surface area (Å²) in [5, 5.41) is 3.82. The SMILES string of the molecule is COc1ccc(C)cc1S(=O)(=O)N(C)c1ccc2sc(C(=O)NC3CC3)cc2c1. The van der Waals surface area contributed by atoms with Crippen LogP contribution in [0.15, 0.2) is 47.4 Å². The van der Waals surface area contributed by atoms with Crippen molar-refractivity contribution in [2.45, 2.75) is 30.7 Å². The lowest BCUT2D eigenvalue weighted by atomic mass is 10.2. The third-order valence-corrected chi connectivity index (χ3v) is 7.88. The summed E-state index contributed by atoms with van der Waals surface area (Å²) in [6.45, 7) is 1.84. The second kappa shape index (κ2) is 7.35. The van der Waals surface area contributed by atoms with Crippen LogP contribution in [-0.2, 0) is 10.0 Å². The Labute approximate surface area is 174 Å². The van der Waals surface area contributed by atoms with Gasteiger partial charge in [0.2, 0.25) is 0 Å². The third kappa shape index (κ3) is 3.82. The average Bonchev–Trinajstić information content (AvgIpc) is 3.41. The average molecular weight is 431 g/mol. The second-order valence-corrected chi connectivity index (χ2v) is 10.2. The van der Waals surface area contributed by atoms with E-state index in [0.29, 0.717) is 22.4 Å². The van der Waals surface area contributed by atoms with Crippen molar-refractivity contribution in [3.63, 3.8) is 0 Å². The maximum absolute atomic E-state index is 13.2. The van der Waals surface area contributed by atoms with Crippen LogP contribution < -0.4 is 14.4 Å². The molecule has 3 aromatic rings. The first-order valence-corrected chi connectivity index (χ1v) is 11.5. The highest BCUT2D eigenvalue weighted by Crippen LogP contribution is 2.34. The van der Waals surface area contributed by atoms with Gasteiger partial charge in [0.15, 0.2) is 0 Å². The Hall–Kier alpha value is -2.58. The number of methoxy groups -OCH3 is 1. The summed E-state index contributed by atoms with van der Waals surface area (Å²) in [4.78, 5) is 13.1. The fourth-order valence-corrected chi connectivity index (χ4v) is 5.47. The van der Waals surface area contributed by atoms with Gasteiger partial charge in [0.25, 0.3) is 15.9 Å². The van der Waals surface area contributed by atoms with Gasteiger partial charge in [-0.25, -0.2) is 8.42 Å². The van der Waals surface area contributed by atoms with Gasteiger partial charge in [-0.3, -0.25) is 9.10 Å². The standard InChI is InChI=1S/C21H22N2O4S2/c1-13-4-8-17(27-3)20(10-13)29(25,26)23(2)16-7-9-18-14(11-16)12-19(28-18)21(24)22-15-5-6-15/h4,7-12,15H,5-6H2,1-3H3,(H,22,24). The number of benzene rings is 2. The third-order valence-electron chi connectivity index (χ3n) is 4.96. The first kappa shape index (κ1) is 19.7.